The van der Waals surface area contributed by atoms with Gasteiger partial charge in [-0.25, -0.2) is 30.7 Å². The number of hydrogen-bond acceptors (Lipinski definition) is 0. The Balaban J connectivity index is 2.83. The first-order chi connectivity index (χ1) is 8.82. The van der Waals surface area contributed by atoms with Gasteiger partial charge in [-0.05, 0) is 6.07 Å². The topological polar surface area (TPSA) is 0 Å². The van der Waals surface area contributed by atoms with Gasteiger partial charge in [0, 0.05) is 17.7 Å². The van der Waals surface area contributed by atoms with Crippen molar-refractivity contribution in [3.05, 3.63) is 58.9 Å². The summed E-state index contributed by atoms with van der Waals surface area (Å²) in [5.74, 6) is -12.1. The maximum absolute atomic E-state index is 13.4. The summed E-state index contributed by atoms with van der Waals surface area (Å²) in [4.78, 5) is 0. The molecule has 100 valence electrons. The van der Waals surface area contributed by atoms with Crippen LogP contribution in [0.3, 0.4) is 0 Å². The van der Waals surface area contributed by atoms with Crippen molar-refractivity contribution >= 4 is 0 Å². The average molecular weight is 280 g/mol. The summed E-state index contributed by atoms with van der Waals surface area (Å²) in [5, 5.41) is 0. The van der Waals surface area contributed by atoms with Gasteiger partial charge in [-0.2, -0.15) is 0 Å². The van der Waals surface area contributed by atoms with Crippen molar-refractivity contribution in [2.75, 3.05) is 0 Å². The van der Waals surface area contributed by atoms with E-state index >= 15 is 0 Å². The monoisotopic (exact) mass is 280 g/mol. The third kappa shape index (κ3) is 2.16. The molecule has 0 heterocycles. The Morgan fingerprint density at radius 3 is 1.42 bits per heavy atom. The fourth-order valence-electron chi connectivity index (χ4n) is 1.52. The predicted octanol–water partition coefficient (Wildman–Crippen LogP) is 4.33. The zero-order valence-electron chi connectivity index (χ0n) is 8.88. The Bertz CT molecular complexity index is 638. The molecule has 0 N–H and O–H groups in total. The standard InChI is InChI=1S/C12H3F7/c13-5-2-7(15)6(14)1-4(5)10-11(18)8(16)3-9(17)12(10)19/h1-3H. The van der Waals surface area contributed by atoms with Crippen LogP contribution in [0.4, 0.5) is 30.7 Å². The molecule has 0 aromatic heterocycles. The maximum atomic E-state index is 13.4. The van der Waals surface area contributed by atoms with Gasteiger partial charge in [0.25, 0.3) is 0 Å². The molecule has 2 aromatic carbocycles. The Morgan fingerprint density at radius 2 is 0.895 bits per heavy atom. The molecule has 0 radical (unpaired) electrons. The first-order valence-electron chi connectivity index (χ1n) is 4.80. The molecular weight excluding hydrogens is 277 g/mol. The van der Waals surface area contributed by atoms with Gasteiger partial charge < -0.3 is 0 Å². The van der Waals surface area contributed by atoms with Crippen LogP contribution in [0.5, 0.6) is 0 Å². The molecule has 0 bridgehead atoms. The van der Waals surface area contributed by atoms with Gasteiger partial charge in [-0.3, -0.25) is 0 Å². The maximum Gasteiger partial charge on any atom is 0.169 e. The van der Waals surface area contributed by atoms with Crippen molar-refractivity contribution in [1.29, 1.82) is 0 Å². The van der Waals surface area contributed by atoms with E-state index in [1.807, 2.05) is 0 Å². The average Bonchev–Trinajstić information content (AvgIpc) is 2.33. The summed E-state index contributed by atoms with van der Waals surface area (Å²) >= 11 is 0. The summed E-state index contributed by atoms with van der Waals surface area (Å²) in [6.07, 6.45) is 0. The smallest absolute Gasteiger partial charge is 0.169 e. The highest BCUT2D eigenvalue weighted by Gasteiger charge is 2.24. The van der Waals surface area contributed by atoms with Gasteiger partial charge >= 0.3 is 0 Å². The number of benzene rings is 2. The first-order valence-corrected chi connectivity index (χ1v) is 4.80. The molecule has 0 unspecified atom stereocenters. The third-order valence-corrected chi connectivity index (χ3v) is 2.39. The van der Waals surface area contributed by atoms with Crippen LogP contribution < -0.4 is 0 Å². The molecule has 0 aliphatic heterocycles. The van der Waals surface area contributed by atoms with E-state index in [9.17, 15) is 30.7 Å². The van der Waals surface area contributed by atoms with Crippen molar-refractivity contribution < 1.29 is 30.7 Å². The Kier molecular flexibility index (Phi) is 3.21. The van der Waals surface area contributed by atoms with Crippen molar-refractivity contribution in [3.63, 3.8) is 0 Å². The third-order valence-electron chi connectivity index (χ3n) is 2.39. The number of rotatable bonds is 1. The normalized spacial score (nSPS) is 10.9. The SMILES string of the molecule is Fc1cc(F)c(-c2c(F)c(F)cc(F)c2F)cc1F. The molecule has 0 nitrogen and oxygen atoms in total. The Morgan fingerprint density at radius 1 is 0.474 bits per heavy atom. The largest absolute Gasteiger partial charge is 0.206 e. The van der Waals surface area contributed by atoms with Crippen LogP contribution in [0, 0.1) is 40.7 Å². The van der Waals surface area contributed by atoms with E-state index in [1.165, 1.54) is 0 Å². The van der Waals surface area contributed by atoms with Crippen molar-refractivity contribution in [2.24, 2.45) is 0 Å². The fraction of sp³-hybridized carbons (Fsp3) is 0. The van der Waals surface area contributed by atoms with Crippen LogP contribution >= 0.6 is 0 Å². The summed E-state index contributed by atoms with van der Waals surface area (Å²) < 4.78 is 91.6. The predicted molar refractivity (Wildman–Crippen MR) is 51.6 cm³/mol. The lowest BCUT2D eigenvalue weighted by molar-refractivity contribution is 0.456. The van der Waals surface area contributed by atoms with Crippen LogP contribution in [0.25, 0.3) is 11.1 Å². The zero-order chi connectivity index (χ0) is 14.3. The van der Waals surface area contributed by atoms with E-state index in [0.717, 1.165) is 0 Å². The van der Waals surface area contributed by atoms with Crippen LogP contribution in [0.1, 0.15) is 0 Å². The van der Waals surface area contributed by atoms with E-state index < -0.39 is 51.8 Å². The van der Waals surface area contributed by atoms with E-state index in [4.69, 9.17) is 0 Å². The van der Waals surface area contributed by atoms with E-state index in [0.29, 0.717) is 0 Å². The number of halogens is 7. The summed E-state index contributed by atoms with van der Waals surface area (Å²) in [6.45, 7) is 0. The van der Waals surface area contributed by atoms with Gasteiger partial charge in [0.1, 0.15) is 5.82 Å². The van der Waals surface area contributed by atoms with Crippen molar-refractivity contribution in [3.8, 4) is 11.1 Å². The second kappa shape index (κ2) is 4.56. The van der Waals surface area contributed by atoms with Crippen LogP contribution in [-0.4, -0.2) is 0 Å². The molecule has 0 fully saturated rings. The van der Waals surface area contributed by atoms with Gasteiger partial charge in [0.15, 0.2) is 34.9 Å². The molecule has 2 aromatic rings. The van der Waals surface area contributed by atoms with Gasteiger partial charge in [0.2, 0.25) is 0 Å². The Labute approximate surface area is 102 Å². The highest BCUT2D eigenvalue weighted by molar-refractivity contribution is 5.66. The molecule has 0 saturated carbocycles. The molecule has 19 heavy (non-hydrogen) atoms. The molecule has 0 aliphatic carbocycles. The minimum absolute atomic E-state index is 0.0202. The van der Waals surface area contributed by atoms with Gasteiger partial charge in [0.05, 0.1) is 5.56 Å². The lowest BCUT2D eigenvalue weighted by Gasteiger charge is -2.08. The molecule has 0 atom stereocenters. The number of hydrogen-bond donors (Lipinski definition) is 0. The first kappa shape index (κ1) is 13.4. The van der Waals surface area contributed by atoms with Gasteiger partial charge in [-0.15, -0.1) is 0 Å². The molecule has 0 spiro atoms. The van der Waals surface area contributed by atoms with Gasteiger partial charge in [-0.1, -0.05) is 0 Å². The molecule has 0 aliphatic rings. The molecule has 0 saturated heterocycles. The van der Waals surface area contributed by atoms with Crippen molar-refractivity contribution in [1.82, 2.24) is 0 Å². The van der Waals surface area contributed by atoms with Crippen molar-refractivity contribution in [2.45, 2.75) is 0 Å². The molecule has 0 amide bonds. The fourth-order valence-corrected chi connectivity index (χ4v) is 1.52. The van der Waals surface area contributed by atoms with E-state index in [1.54, 1.807) is 0 Å². The van der Waals surface area contributed by atoms with E-state index in [2.05, 4.69) is 0 Å². The Hall–Kier alpha value is -2.05. The lowest BCUT2D eigenvalue weighted by Crippen LogP contribution is -2.01. The van der Waals surface area contributed by atoms with Crippen LogP contribution in [-0.2, 0) is 0 Å². The summed E-state index contributed by atoms with van der Waals surface area (Å²) in [6, 6.07) is 0.0589. The quantitative estimate of drug-likeness (QED) is 0.539. The highest BCUT2D eigenvalue weighted by atomic mass is 19.2. The lowest BCUT2D eigenvalue weighted by atomic mass is 10.0. The zero-order valence-corrected chi connectivity index (χ0v) is 8.88. The highest BCUT2D eigenvalue weighted by Crippen LogP contribution is 2.32. The van der Waals surface area contributed by atoms with E-state index in [-0.39, 0.29) is 18.2 Å². The minimum atomic E-state index is -1.90. The summed E-state index contributed by atoms with van der Waals surface area (Å²) in [5.41, 5.74) is -2.55. The molecule has 2 rings (SSSR count). The minimum Gasteiger partial charge on any atom is -0.206 e. The second-order valence-electron chi connectivity index (χ2n) is 3.59. The van der Waals surface area contributed by atoms with Crippen LogP contribution in [0.15, 0.2) is 18.2 Å². The molecule has 7 heteroatoms. The summed E-state index contributed by atoms with van der Waals surface area (Å²) in [7, 11) is 0. The van der Waals surface area contributed by atoms with Crippen LogP contribution in [0.2, 0.25) is 0 Å². The second-order valence-corrected chi connectivity index (χ2v) is 3.59. The molecular formula is C12H3F7.